The first-order chi connectivity index (χ1) is 7.13. The predicted molar refractivity (Wildman–Crippen MR) is 63.0 cm³/mol. The van der Waals surface area contributed by atoms with E-state index in [4.69, 9.17) is 16.7 Å². The van der Waals surface area contributed by atoms with Crippen LogP contribution in [0.5, 0.6) is 0 Å². The van der Waals surface area contributed by atoms with Crippen molar-refractivity contribution in [3.63, 3.8) is 0 Å². The zero-order chi connectivity index (χ0) is 11.0. The summed E-state index contributed by atoms with van der Waals surface area (Å²) >= 11 is 5.85. The second kappa shape index (κ2) is 4.75. The summed E-state index contributed by atoms with van der Waals surface area (Å²) in [4.78, 5) is 14.9. The van der Waals surface area contributed by atoms with E-state index >= 15 is 0 Å². The summed E-state index contributed by atoms with van der Waals surface area (Å²) in [6, 6.07) is 1.51. The normalized spacial score (nSPS) is 9.81. The van der Waals surface area contributed by atoms with E-state index in [1.807, 2.05) is 0 Å². The fraction of sp³-hybridized carbons (Fsp3) is 0. The predicted octanol–water partition coefficient (Wildman–Crippen LogP) is 1.95. The molecule has 0 aliphatic heterocycles. The van der Waals surface area contributed by atoms with Crippen molar-refractivity contribution < 1.29 is 9.90 Å². The number of pyridine rings is 1. The number of hydrogen-bond donors (Lipinski definition) is 1. The van der Waals surface area contributed by atoms with Crippen LogP contribution in [0.2, 0.25) is 5.15 Å². The largest absolute Gasteiger partial charge is 0.478 e. The smallest absolute Gasteiger partial charge is 0.339 e. The first-order valence-electron chi connectivity index (χ1n) is 4.16. The molecular formula is C10H7ClLiN2O2. The third kappa shape index (κ3) is 2.00. The number of carbonyl (C=O) groups is 1. The van der Waals surface area contributed by atoms with E-state index in [0.717, 1.165) is 0 Å². The Balaban J connectivity index is 0.00000128. The minimum absolute atomic E-state index is 0. The molecule has 2 aromatic heterocycles. The molecule has 0 bridgehead atoms. The number of aromatic nitrogens is 2. The van der Waals surface area contributed by atoms with Crippen LogP contribution in [0.4, 0.5) is 0 Å². The topological polar surface area (TPSA) is 54.6 Å². The number of imidazole rings is 1. The van der Waals surface area contributed by atoms with Crippen LogP contribution < -0.4 is 0 Å². The second-order valence-electron chi connectivity index (χ2n) is 2.97. The van der Waals surface area contributed by atoms with Gasteiger partial charge in [0.1, 0.15) is 10.7 Å². The minimum Gasteiger partial charge on any atom is -0.478 e. The van der Waals surface area contributed by atoms with Crippen molar-refractivity contribution in [2.45, 2.75) is 0 Å². The van der Waals surface area contributed by atoms with Gasteiger partial charge in [0.05, 0.1) is 6.20 Å². The Hall–Kier alpha value is -1.21. The van der Waals surface area contributed by atoms with E-state index < -0.39 is 5.97 Å². The summed E-state index contributed by atoms with van der Waals surface area (Å²) in [6.07, 6.45) is 4.66. The van der Waals surface area contributed by atoms with Gasteiger partial charge in [0.25, 0.3) is 0 Å². The molecular weight excluding hydrogens is 223 g/mol. The molecule has 0 fully saturated rings. The van der Waals surface area contributed by atoms with Crippen molar-refractivity contribution in [2.24, 2.45) is 0 Å². The average Bonchev–Trinajstić information content (AvgIpc) is 2.59. The Kier molecular flexibility index (Phi) is 3.82. The number of carboxylic acid groups (broad SMARTS) is 1. The standard InChI is InChI=1S/C10H7ClN2O2.Li/c1-2-6-3-7(10(14)15)9-12-4-8(11)13(9)5-6;/h2-5H,1H2,(H,14,15);. The van der Waals surface area contributed by atoms with Crippen molar-refractivity contribution in [2.75, 3.05) is 0 Å². The first kappa shape index (κ1) is 12.9. The Morgan fingerprint density at radius 2 is 2.31 bits per heavy atom. The Bertz CT molecular complexity index is 565. The van der Waals surface area contributed by atoms with Crippen LogP contribution in [0.1, 0.15) is 15.9 Å². The van der Waals surface area contributed by atoms with Crippen LogP contribution in [0.25, 0.3) is 11.7 Å². The SMILES string of the molecule is C=Cc1cc(C(=O)O)c2ncc(Cl)n2c1.[Li]. The molecule has 1 N–H and O–H groups in total. The molecule has 0 aliphatic rings. The van der Waals surface area contributed by atoms with Gasteiger partial charge in [-0.25, -0.2) is 9.78 Å². The molecule has 0 spiro atoms. The van der Waals surface area contributed by atoms with Crippen LogP contribution >= 0.6 is 11.6 Å². The number of nitrogens with zero attached hydrogens (tertiary/aromatic N) is 2. The number of rotatable bonds is 2. The van der Waals surface area contributed by atoms with Crippen LogP contribution in [-0.4, -0.2) is 39.3 Å². The molecule has 1 radical (unpaired) electrons. The molecule has 0 saturated carbocycles. The summed E-state index contributed by atoms with van der Waals surface area (Å²) in [5.74, 6) is -1.04. The van der Waals surface area contributed by atoms with Crippen molar-refractivity contribution in [3.05, 3.63) is 41.3 Å². The number of aromatic carboxylic acids is 1. The van der Waals surface area contributed by atoms with Crippen LogP contribution in [0.15, 0.2) is 25.0 Å². The minimum atomic E-state index is -1.04. The quantitative estimate of drug-likeness (QED) is 0.801. The summed E-state index contributed by atoms with van der Waals surface area (Å²) in [5.41, 5.74) is 1.12. The molecule has 2 rings (SSSR count). The summed E-state index contributed by atoms with van der Waals surface area (Å²) in [6.45, 7) is 3.58. The van der Waals surface area contributed by atoms with Crippen molar-refractivity contribution >= 4 is 48.2 Å². The van der Waals surface area contributed by atoms with E-state index in [2.05, 4.69) is 11.6 Å². The van der Waals surface area contributed by atoms with Gasteiger partial charge in [-0.3, -0.25) is 4.40 Å². The molecule has 0 amide bonds. The van der Waals surface area contributed by atoms with E-state index in [9.17, 15) is 4.79 Å². The van der Waals surface area contributed by atoms with E-state index in [0.29, 0.717) is 16.4 Å². The Morgan fingerprint density at radius 3 is 2.88 bits per heavy atom. The molecule has 2 heterocycles. The van der Waals surface area contributed by atoms with Gasteiger partial charge in [-0.15, -0.1) is 0 Å². The maximum atomic E-state index is 11.0. The van der Waals surface area contributed by atoms with Gasteiger partial charge < -0.3 is 5.11 Å². The van der Waals surface area contributed by atoms with Gasteiger partial charge >= 0.3 is 5.97 Å². The van der Waals surface area contributed by atoms with Crippen molar-refractivity contribution in [1.82, 2.24) is 9.38 Å². The van der Waals surface area contributed by atoms with E-state index in [-0.39, 0.29) is 24.4 Å². The van der Waals surface area contributed by atoms with E-state index in [1.54, 1.807) is 12.3 Å². The Morgan fingerprint density at radius 1 is 1.62 bits per heavy atom. The van der Waals surface area contributed by atoms with Gasteiger partial charge in [-0.05, 0) is 11.6 Å². The zero-order valence-electron chi connectivity index (χ0n) is 8.64. The summed E-state index contributed by atoms with van der Waals surface area (Å²) < 4.78 is 1.52. The van der Waals surface area contributed by atoms with Crippen LogP contribution in [-0.2, 0) is 0 Å². The molecule has 16 heavy (non-hydrogen) atoms. The molecule has 4 nitrogen and oxygen atoms in total. The molecule has 0 aliphatic carbocycles. The van der Waals surface area contributed by atoms with Crippen molar-refractivity contribution in [1.29, 1.82) is 0 Å². The molecule has 77 valence electrons. The van der Waals surface area contributed by atoms with Gasteiger partial charge in [-0.2, -0.15) is 0 Å². The van der Waals surface area contributed by atoms with Gasteiger partial charge in [0, 0.05) is 25.1 Å². The third-order valence-corrected chi connectivity index (χ3v) is 2.33. The molecule has 0 saturated heterocycles. The molecule has 6 heteroatoms. The van der Waals surface area contributed by atoms with Crippen LogP contribution in [0.3, 0.4) is 0 Å². The second-order valence-corrected chi connectivity index (χ2v) is 3.36. The number of carboxylic acids is 1. The zero-order valence-corrected chi connectivity index (χ0v) is 9.40. The fourth-order valence-corrected chi connectivity index (χ4v) is 1.53. The maximum absolute atomic E-state index is 11.0. The van der Waals surface area contributed by atoms with Gasteiger partial charge in [0.15, 0.2) is 5.65 Å². The first-order valence-corrected chi connectivity index (χ1v) is 4.53. The molecule has 2 aromatic rings. The summed E-state index contributed by atoms with van der Waals surface area (Å²) in [7, 11) is 0. The van der Waals surface area contributed by atoms with Gasteiger partial charge in [-0.1, -0.05) is 24.3 Å². The molecule has 0 atom stereocenters. The van der Waals surface area contributed by atoms with Gasteiger partial charge in [0.2, 0.25) is 0 Å². The maximum Gasteiger partial charge on any atom is 0.339 e. The number of fused-ring (bicyclic) bond motifs is 1. The average molecular weight is 230 g/mol. The monoisotopic (exact) mass is 229 g/mol. The fourth-order valence-electron chi connectivity index (χ4n) is 1.35. The number of halogens is 1. The third-order valence-electron chi connectivity index (χ3n) is 2.05. The van der Waals surface area contributed by atoms with E-state index in [1.165, 1.54) is 16.7 Å². The van der Waals surface area contributed by atoms with Crippen LogP contribution in [0, 0.1) is 0 Å². The molecule has 0 aromatic carbocycles. The number of hydrogen-bond acceptors (Lipinski definition) is 2. The van der Waals surface area contributed by atoms with Crippen molar-refractivity contribution in [3.8, 4) is 0 Å². The molecule has 0 unspecified atom stereocenters. The Labute approximate surface area is 109 Å². The summed E-state index contributed by atoms with van der Waals surface area (Å²) in [5, 5.41) is 9.35.